The lowest BCUT2D eigenvalue weighted by Crippen LogP contribution is -2.09. The third kappa shape index (κ3) is 4.84. The average molecular weight is 413 g/mol. The molecular formula is C24H19N3O4. The van der Waals surface area contributed by atoms with Gasteiger partial charge in [-0.1, -0.05) is 17.7 Å². The van der Waals surface area contributed by atoms with Crippen LogP contribution in [-0.2, 0) is 4.79 Å². The van der Waals surface area contributed by atoms with Crippen LogP contribution in [0, 0.1) is 6.92 Å². The number of hydrogen-bond acceptors (Lipinski definition) is 6. The van der Waals surface area contributed by atoms with E-state index in [1.807, 2.05) is 31.2 Å². The number of nitrogens with one attached hydrogen (secondary N) is 1. The van der Waals surface area contributed by atoms with Gasteiger partial charge < -0.3 is 14.5 Å². The summed E-state index contributed by atoms with van der Waals surface area (Å²) in [5.41, 5.74) is 3.66. The fraction of sp³-hybridized carbons (Fsp3) is 0.0833. The number of aromatic nitrogens is 2. The van der Waals surface area contributed by atoms with Crippen LogP contribution >= 0.6 is 0 Å². The van der Waals surface area contributed by atoms with Gasteiger partial charge in [-0.15, -0.1) is 10.2 Å². The lowest BCUT2D eigenvalue weighted by atomic mass is 10.1. The van der Waals surface area contributed by atoms with Crippen LogP contribution in [0.25, 0.3) is 22.9 Å². The molecule has 3 aromatic carbocycles. The molecular weight excluding hydrogens is 394 g/mol. The van der Waals surface area contributed by atoms with Gasteiger partial charge in [-0.05, 0) is 67.6 Å². The van der Waals surface area contributed by atoms with Gasteiger partial charge in [0.1, 0.15) is 5.75 Å². The standard InChI is InChI=1S/C24H19N3O4/c1-15-4-3-5-19(14-15)23-27-26-22(31-23)17-6-8-18(9-7-17)24(29)30-21-12-10-20(11-13-21)25-16(2)28/h3-14H,1-2H3,(H,25,28). The highest BCUT2D eigenvalue weighted by atomic mass is 16.5. The van der Waals surface area contributed by atoms with Crippen LogP contribution in [0.2, 0.25) is 0 Å². The Hall–Kier alpha value is -4.26. The molecule has 0 aliphatic carbocycles. The van der Waals surface area contributed by atoms with Crippen LogP contribution in [0.5, 0.6) is 5.75 Å². The second-order valence-electron chi connectivity index (χ2n) is 6.95. The lowest BCUT2D eigenvalue weighted by molar-refractivity contribution is -0.114. The van der Waals surface area contributed by atoms with E-state index in [0.29, 0.717) is 34.3 Å². The summed E-state index contributed by atoms with van der Waals surface area (Å²) < 4.78 is 11.2. The van der Waals surface area contributed by atoms with E-state index < -0.39 is 5.97 Å². The zero-order valence-corrected chi connectivity index (χ0v) is 17.0. The second kappa shape index (κ2) is 8.62. The van der Waals surface area contributed by atoms with Gasteiger partial charge in [0.15, 0.2) is 0 Å². The van der Waals surface area contributed by atoms with Crippen molar-refractivity contribution in [2.75, 3.05) is 5.32 Å². The summed E-state index contributed by atoms with van der Waals surface area (Å²) >= 11 is 0. The van der Waals surface area contributed by atoms with E-state index in [0.717, 1.165) is 11.1 Å². The van der Waals surface area contributed by atoms with Crippen LogP contribution < -0.4 is 10.1 Å². The minimum atomic E-state index is -0.496. The SMILES string of the molecule is CC(=O)Nc1ccc(OC(=O)c2ccc(-c3nnc(-c4cccc(C)c4)o3)cc2)cc1. The summed E-state index contributed by atoms with van der Waals surface area (Å²) in [4.78, 5) is 23.5. The second-order valence-corrected chi connectivity index (χ2v) is 6.95. The summed E-state index contributed by atoms with van der Waals surface area (Å²) in [7, 11) is 0. The molecule has 0 radical (unpaired) electrons. The monoisotopic (exact) mass is 413 g/mol. The number of carbonyl (C=O) groups excluding carboxylic acids is 2. The Kier molecular flexibility index (Phi) is 5.57. The molecule has 0 saturated carbocycles. The predicted octanol–water partition coefficient (Wildman–Crippen LogP) is 4.89. The van der Waals surface area contributed by atoms with E-state index in [9.17, 15) is 9.59 Å². The van der Waals surface area contributed by atoms with Crippen LogP contribution in [0.3, 0.4) is 0 Å². The Morgan fingerprint density at radius 1 is 0.871 bits per heavy atom. The molecule has 0 unspecified atom stereocenters. The Morgan fingerprint density at radius 3 is 2.19 bits per heavy atom. The van der Waals surface area contributed by atoms with E-state index in [1.165, 1.54) is 6.92 Å². The van der Waals surface area contributed by atoms with Gasteiger partial charge in [0.05, 0.1) is 5.56 Å². The largest absolute Gasteiger partial charge is 0.423 e. The first-order chi connectivity index (χ1) is 15.0. The molecule has 0 aliphatic rings. The summed E-state index contributed by atoms with van der Waals surface area (Å²) in [5.74, 6) is 0.514. The molecule has 0 aliphatic heterocycles. The zero-order valence-electron chi connectivity index (χ0n) is 17.0. The summed E-state index contributed by atoms with van der Waals surface area (Å²) in [6, 6.07) is 21.1. The Morgan fingerprint density at radius 2 is 1.55 bits per heavy atom. The molecule has 1 N–H and O–H groups in total. The number of nitrogens with zero attached hydrogens (tertiary/aromatic N) is 2. The van der Waals surface area contributed by atoms with Crippen molar-refractivity contribution in [1.29, 1.82) is 0 Å². The van der Waals surface area contributed by atoms with Crippen LogP contribution in [-0.4, -0.2) is 22.1 Å². The molecule has 0 saturated heterocycles. The van der Waals surface area contributed by atoms with Gasteiger partial charge in [-0.25, -0.2) is 4.79 Å². The topological polar surface area (TPSA) is 94.3 Å². The molecule has 154 valence electrons. The highest BCUT2D eigenvalue weighted by Gasteiger charge is 2.13. The van der Waals surface area contributed by atoms with Crippen molar-refractivity contribution >= 4 is 17.6 Å². The molecule has 31 heavy (non-hydrogen) atoms. The normalized spacial score (nSPS) is 10.5. The first-order valence-corrected chi connectivity index (χ1v) is 9.59. The van der Waals surface area contributed by atoms with Crippen molar-refractivity contribution in [3.63, 3.8) is 0 Å². The molecule has 4 rings (SSSR count). The molecule has 1 heterocycles. The minimum Gasteiger partial charge on any atom is -0.423 e. The van der Waals surface area contributed by atoms with Gasteiger partial charge in [0, 0.05) is 23.7 Å². The molecule has 0 spiro atoms. The van der Waals surface area contributed by atoms with Gasteiger partial charge in [-0.2, -0.15) is 0 Å². The number of esters is 1. The van der Waals surface area contributed by atoms with E-state index in [2.05, 4.69) is 15.5 Å². The molecule has 1 amide bonds. The third-order valence-electron chi connectivity index (χ3n) is 4.44. The van der Waals surface area contributed by atoms with Gasteiger partial charge in [0.25, 0.3) is 0 Å². The fourth-order valence-electron chi connectivity index (χ4n) is 2.96. The van der Waals surface area contributed by atoms with Crippen LogP contribution in [0.15, 0.2) is 77.2 Å². The maximum Gasteiger partial charge on any atom is 0.343 e. The number of carbonyl (C=O) groups is 2. The first-order valence-electron chi connectivity index (χ1n) is 9.59. The van der Waals surface area contributed by atoms with E-state index in [4.69, 9.17) is 9.15 Å². The molecule has 0 bridgehead atoms. The van der Waals surface area contributed by atoms with Crippen molar-refractivity contribution < 1.29 is 18.7 Å². The summed E-state index contributed by atoms with van der Waals surface area (Å²) in [6.07, 6.45) is 0. The number of amides is 1. The minimum absolute atomic E-state index is 0.169. The van der Waals surface area contributed by atoms with E-state index >= 15 is 0 Å². The van der Waals surface area contributed by atoms with Crippen molar-refractivity contribution in [3.05, 3.63) is 83.9 Å². The number of benzene rings is 3. The maximum absolute atomic E-state index is 12.4. The molecule has 7 nitrogen and oxygen atoms in total. The van der Waals surface area contributed by atoms with Gasteiger partial charge in [-0.3, -0.25) is 4.79 Å². The van der Waals surface area contributed by atoms with Gasteiger partial charge >= 0.3 is 5.97 Å². The highest BCUT2D eigenvalue weighted by molar-refractivity contribution is 5.92. The Labute approximate surface area is 178 Å². The number of ether oxygens (including phenoxy) is 1. The Bertz CT molecular complexity index is 1230. The summed E-state index contributed by atoms with van der Waals surface area (Å²) in [5, 5.41) is 10.9. The lowest BCUT2D eigenvalue weighted by Gasteiger charge is -2.06. The number of rotatable bonds is 5. The van der Waals surface area contributed by atoms with Crippen molar-refractivity contribution in [2.24, 2.45) is 0 Å². The fourth-order valence-corrected chi connectivity index (χ4v) is 2.96. The van der Waals surface area contributed by atoms with Crippen molar-refractivity contribution in [2.45, 2.75) is 13.8 Å². The average Bonchev–Trinajstić information content (AvgIpc) is 3.25. The van der Waals surface area contributed by atoms with Crippen LogP contribution in [0.4, 0.5) is 5.69 Å². The summed E-state index contributed by atoms with van der Waals surface area (Å²) in [6.45, 7) is 3.42. The number of hydrogen-bond donors (Lipinski definition) is 1. The number of aryl methyl sites for hydroxylation is 1. The molecule has 0 fully saturated rings. The first kappa shape index (κ1) is 20.0. The highest BCUT2D eigenvalue weighted by Crippen LogP contribution is 2.25. The third-order valence-corrected chi connectivity index (χ3v) is 4.44. The smallest absolute Gasteiger partial charge is 0.343 e. The zero-order chi connectivity index (χ0) is 21.8. The number of anilines is 1. The maximum atomic E-state index is 12.4. The molecule has 7 heteroatoms. The molecule has 4 aromatic rings. The van der Waals surface area contributed by atoms with E-state index in [1.54, 1.807) is 48.5 Å². The molecule has 1 aromatic heterocycles. The quantitative estimate of drug-likeness (QED) is 0.370. The molecule has 0 atom stereocenters. The van der Waals surface area contributed by atoms with Crippen molar-refractivity contribution in [3.8, 4) is 28.7 Å². The predicted molar refractivity (Wildman–Crippen MR) is 116 cm³/mol. The van der Waals surface area contributed by atoms with Gasteiger partial charge in [0.2, 0.25) is 17.7 Å². The van der Waals surface area contributed by atoms with Crippen LogP contribution in [0.1, 0.15) is 22.8 Å². The van der Waals surface area contributed by atoms with Crippen molar-refractivity contribution in [1.82, 2.24) is 10.2 Å². The van der Waals surface area contributed by atoms with E-state index in [-0.39, 0.29) is 5.91 Å². The Balaban J connectivity index is 1.44.